The van der Waals surface area contributed by atoms with Crippen LogP contribution in [0.5, 0.6) is 5.75 Å². The van der Waals surface area contributed by atoms with Crippen LogP contribution in [-0.4, -0.2) is 34.4 Å². The van der Waals surface area contributed by atoms with Gasteiger partial charge in [0.25, 0.3) is 0 Å². The number of rotatable bonds is 10. The Morgan fingerprint density at radius 1 is 0.623 bits per heavy atom. The number of methoxy groups -OCH3 is 1. The summed E-state index contributed by atoms with van der Waals surface area (Å²) in [5.74, 6) is 1.37. The first-order valence-electron chi connectivity index (χ1n) is 24.1. The predicted octanol–water partition coefficient (Wildman–Crippen LogP) is 15.1. The van der Waals surface area contributed by atoms with E-state index >= 15 is 0 Å². The van der Waals surface area contributed by atoms with Crippen LogP contribution in [0.1, 0.15) is 201 Å². The van der Waals surface area contributed by atoms with Gasteiger partial charge in [-0.1, -0.05) is 136 Å². The first-order valence-corrected chi connectivity index (χ1v) is 27.0. The number of hydrogen-bond acceptors (Lipinski definition) is 3. The Balaban J connectivity index is 1.28. The molecule has 0 bridgehead atoms. The molecule has 0 saturated carbocycles. The van der Waals surface area contributed by atoms with E-state index in [-0.39, 0.29) is 27.3 Å². The fourth-order valence-electron chi connectivity index (χ4n) is 13.5. The van der Waals surface area contributed by atoms with E-state index in [0.717, 1.165) is 18.8 Å². The molecule has 4 unspecified atom stereocenters. The van der Waals surface area contributed by atoms with Gasteiger partial charge < -0.3 is 14.4 Å². The molecule has 4 heteroatoms. The molecule has 0 amide bonds. The van der Waals surface area contributed by atoms with Crippen LogP contribution in [0.15, 0.2) is 66.7 Å². The lowest BCUT2D eigenvalue weighted by Gasteiger charge is -2.46. The summed E-state index contributed by atoms with van der Waals surface area (Å²) in [5.41, 5.74) is 20.2. The summed E-state index contributed by atoms with van der Waals surface area (Å²) >= 11 is 0. The summed E-state index contributed by atoms with van der Waals surface area (Å²) in [6.45, 7) is 30.5. The van der Waals surface area contributed by atoms with Gasteiger partial charge in [-0.15, -0.1) is 0 Å². The van der Waals surface area contributed by atoms with E-state index in [1.54, 1.807) is 55.6 Å². The maximum Gasteiger partial charge on any atom is 0.119 e. The minimum atomic E-state index is -2.40. The second-order valence-corrected chi connectivity index (χ2v) is 28.9. The summed E-state index contributed by atoms with van der Waals surface area (Å²) in [4.78, 5) is 2.63. The van der Waals surface area contributed by atoms with Crippen LogP contribution in [0.4, 0.5) is 5.69 Å². The first-order chi connectivity index (χ1) is 28.6. The topological polar surface area (TPSA) is 21.7 Å². The van der Waals surface area contributed by atoms with Crippen LogP contribution < -0.4 is 9.64 Å². The predicted molar refractivity (Wildman–Crippen MR) is 261 cm³/mol. The van der Waals surface area contributed by atoms with E-state index in [0.29, 0.717) is 23.0 Å². The average Bonchev–Trinajstić information content (AvgIpc) is 3.82. The fourth-order valence-corrected chi connectivity index (χ4v) is 19.5. The highest BCUT2D eigenvalue weighted by atomic mass is 28.3. The highest BCUT2D eigenvalue weighted by Crippen LogP contribution is 2.68. The molecule has 4 atom stereocenters. The molecular formula is C57H77NO2Si. The third-order valence-electron chi connectivity index (χ3n) is 17.2. The van der Waals surface area contributed by atoms with Crippen LogP contribution in [0.2, 0.25) is 12.6 Å². The van der Waals surface area contributed by atoms with Gasteiger partial charge in [0.2, 0.25) is 0 Å². The Hall–Kier alpha value is -3.34. The van der Waals surface area contributed by atoms with E-state index in [4.69, 9.17) is 9.47 Å². The van der Waals surface area contributed by atoms with E-state index < -0.39 is 8.07 Å². The van der Waals surface area contributed by atoms with Crippen LogP contribution in [0.3, 0.4) is 0 Å². The van der Waals surface area contributed by atoms with Crippen LogP contribution in [0, 0.1) is 0 Å². The first kappa shape index (κ1) is 42.9. The molecule has 4 aliphatic carbocycles. The van der Waals surface area contributed by atoms with Crippen molar-refractivity contribution in [3.63, 3.8) is 0 Å². The standard InChI is InChI=1S/C57H77NO2Si/c1-53(2,3)60-29-19-15-16-20-30-61(14,52-38-22-18-17-21-37(38)50-49(52)43-31-36(59-13)23-24-48(43)58(50)12)51-41-34-46-44(54(4,5)25-27-56(46,8)9)32-39(41)40-33-45-47(35-42(40)51)57(10,11)28-26-55(45,6)7/h17-18,21-24,31-35,49-52H,15-16,19-20,25-30H2,1-14H3. The van der Waals surface area contributed by atoms with E-state index in [2.05, 4.69) is 161 Å². The molecule has 0 radical (unpaired) electrons. The van der Waals surface area contributed by atoms with Crippen molar-refractivity contribution in [2.24, 2.45) is 0 Å². The maximum atomic E-state index is 6.21. The Morgan fingerprint density at radius 3 is 1.66 bits per heavy atom. The van der Waals surface area contributed by atoms with Crippen LogP contribution in [0.25, 0.3) is 11.1 Å². The van der Waals surface area contributed by atoms with Crippen molar-refractivity contribution in [1.29, 1.82) is 0 Å². The molecule has 0 saturated heterocycles. The summed E-state index contributed by atoms with van der Waals surface area (Å²) < 4.78 is 12.2. The molecule has 1 aliphatic heterocycles. The van der Waals surface area contributed by atoms with Gasteiger partial charge in [-0.2, -0.15) is 0 Å². The molecule has 1 heterocycles. The number of benzene rings is 4. The second kappa shape index (κ2) is 14.6. The molecule has 3 nitrogen and oxygen atoms in total. The van der Waals surface area contributed by atoms with E-state index in [1.165, 1.54) is 62.2 Å². The molecule has 0 fully saturated rings. The number of hydrogen-bond donors (Lipinski definition) is 0. The third-order valence-corrected chi connectivity index (χ3v) is 22.7. The quantitative estimate of drug-likeness (QED) is 0.117. The highest BCUT2D eigenvalue weighted by Gasteiger charge is 2.60. The minimum Gasteiger partial charge on any atom is -0.497 e. The van der Waals surface area contributed by atoms with Gasteiger partial charge in [0.05, 0.1) is 26.8 Å². The Morgan fingerprint density at radius 2 is 1.13 bits per heavy atom. The average molecular weight is 836 g/mol. The Kier molecular flexibility index (Phi) is 10.3. The fraction of sp³-hybridized carbons (Fsp3) is 0.579. The summed E-state index contributed by atoms with van der Waals surface area (Å²) in [7, 11) is 1.80. The second-order valence-electron chi connectivity index (χ2n) is 24.2. The molecule has 326 valence electrons. The van der Waals surface area contributed by atoms with Crippen molar-refractivity contribution in [1.82, 2.24) is 0 Å². The van der Waals surface area contributed by atoms with Crippen molar-refractivity contribution in [3.8, 4) is 16.9 Å². The van der Waals surface area contributed by atoms with Gasteiger partial charge in [0.15, 0.2) is 0 Å². The number of unbranched alkanes of at least 4 members (excludes halogenated alkanes) is 3. The highest BCUT2D eigenvalue weighted by molar-refractivity contribution is 6.82. The van der Waals surface area contributed by atoms with Crippen molar-refractivity contribution in [2.75, 3.05) is 25.7 Å². The van der Waals surface area contributed by atoms with Gasteiger partial charge in [0, 0.05) is 30.8 Å². The van der Waals surface area contributed by atoms with Gasteiger partial charge in [-0.3, -0.25) is 0 Å². The Bertz CT molecular complexity index is 2270. The van der Waals surface area contributed by atoms with Crippen LogP contribution >= 0.6 is 0 Å². The van der Waals surface area contributed by atoms with Gasteiger partial charge in [-0.25, -0.2) is 0 Å². The zero-order chi connectivity index (χ0) is 43.7. The molecule has 9 rings (SSSR count). The van der Waals surface area contributed by atoms with Crippen molar-refractivity contribution >= 4 is 13.8 Å². The lowest BCUT2D eigenvalue weighted by molar-refractivity contribution is -0.00471. The zero-order valence-electron chi connectivity index (χ0n) is 40.5. The summed E-state index contributed by atoms with van der Waals surface area (Å²) in [5, 5.41) is 0. The number of anilines is 1. The lowest BCUT2D eigenvalue weighted by atomic mass is 9.62. The number of fused-ring (bicyclic) bond motifs is 10. The zero-order valence-corrected chi connectivity index (χ0v) is 41.5. The molecule has 0 N–H and O–H groups in total. The molecule has 0 aromatic heterocycles. The number of likely N-dealkylation sites (N-methyl/N-ethyl adjacent to an activating group) is 1. The smallest absolute Gasteiger partial charge is 0.119 e. The van der Waals surface area contributed by atoms with Crippen molar-refractivity contribution < 1.29 is 9.47 Å². The van der Waals surface area contributed by atoms with Gasteiger partial charge in [-0.05, 0) is 159 Å². The molecule has 5 aliphatic rings. The molecule has 4 aromatic carbocycles. The molecule has 4 aromatic rings. The van der Waals surface area contributed by atoms with E-state index in [9.17, 15) is 0 Å². The summed E-state index contributed by atoms with van der Waals surface area (Å²) in [6, 6.07) is 29.4. The number of ether oxygens (including phenoxy) is 2. The van der Waals surface area contributed by atoms with E-state index in [1.807, 2.05) is 7.11 Å². The van der Waals surface area contributed by atoms with Crippen molar-refractivity contribution in [2.45, 2.75) is 190 Å². The normalized spacial score (nSPS) is 24.5. The minimum absolute atomic E-state index is 0.0828. The monoisotopic (exact) mass is 836 g/mol. The molecular weight excluding hydrogens is 759 g/mol. The van der Waals surface area contributed by atoms with Crippen molar-refractivity contribution in [3.05, 3.63) is 117 Å². The van der Waals surface area contributed by atoms with Crippen LogP contribution in [-0.2, 0) is 26.4 Å². The van der Waals surface area contributed by atoms with Gasteiger partial charge in [0.1, 0.15) is 5.75 Å². The maximum absolute atomic E-state index is 6.21. The molecule has 61 heavy (non-hydrogen) atoms. The Labute approximate surface area is 371 Å². The number of nitrogens with zero attached hydrogens (tertiary/aromatic N) is 1. The third kappa shape index (κ3) is 6.90. The lowest BCUT2D eigenvalue weighted by Crippen LogP contribution is -2.47. The van der Waals surface area contributed by atoms with Gasteiger partial charge >= 0.3 is 0 Å². The molecule has 0 spiro atoms. The largest absolute Gasteiger partial charge is 0.497 e. The SMILES string of the molecule is COc1ccc2c(c1)C1C(c3ccccc3C1[Si](C)(CCCCCCOC(C)(C)C)C1c3cc4c(cc3-c3cc5c(cc31)C(C)(C)CCC5(C)C)C(C)(C)CCC4(C)C)N2C. The summed E-state index contributed by atoms with van der Waals surface area (Å²) in [6.07, 6.45) is 9.82.